The van der Waals surface area contributed by atoms with Gasteiger partial charge < -0.3 is 10.1 Å². The van der Waals surface area contributed by atoms with Gasteiger partial charge >= 0.3 is 0 Å². The van der Waals surface area contributed by atoms with E-state index < -0.39 is 0 Å². The molecule has 1 unspecified atom stereocenters. The van der Waals surface area contributed by atoms with Crippen LogP contribution in [0.1, 0.15) is 31.1 Å². The SMILES string of the molecule is CCNC(c1ccncc1F)c1c(OC)cnn1CC. The Morgan fingerprint density at radius 2 is 2.20 bits per heavy atom. The first kappa shape index (κ1) is 14.5. The summed E-state index contributed by atoms with van der Waals surface area (Å²) in [4.78, 5) is 3.80. The first-order valence-corrected chi connectivity index (χ1v) is 6.65. The summed E-state index contributed by atoms with van der Waals surface area (Å²) >= 11 is 0. The summed E-state index contributed by atoms with van der Waals surface area (Å²) < 4.78 is 21.2. The fraction of sp³-hybridized carbons (Fsp3) is 0.429. The van der Waals surface area contributed by atoms with Crippen molar-refractivity contribution >= 4 is 0 Å². The zero-order chi connectivity index (χ0) is 14.5. The largest absolute Gasteiger partial charge is 0.493 e. The summed E-state index contributed by atoms with van der Waals surface area (Å²) in [7, 11) is 1.59. The maximum atomic E-state index is 14.1. The third kappa shape index (κ3) is 2.65. The second kappa shape index (κ2) is 6.47. The molecule has 2 aromatic rings. The quantitative estimate of drug-likeness (QED) is 0.879. The van der Waals surface area contributed by atoms with Gasteiger partial charge in [-0.05, 0) is 19.5 Å². The van der Waals surface area contributed by atoms with Crippen molar-refractivity contribution in [2.24, 2.45) is 0 Å². The molecule has 0 amide bonds. The highest BCUT2D eigenvalue weighted by molar-refractivity contribution is 5.36. The number of ether oxygens (including phenoxy) is 1. The molecular weight excluding hydrogens is 259 g/mol. The van der Waals surface area contributed by atoms with Crippen molar-refractivity contribution in [2.45, 2.75) is 26.4 Å². The van der Waals surface area contributed by atoms with Gasteiger partial charge in [-0.2, -0.15) is 5.10 Å². The monoisotopic (exact) mass is 278 g/mol. The number of hydrogen-bond donors (Lipinski definition) is 1. The molecule has 20 heavy (non-hydrogen) atoms. The molecule has 2 rings (SSSR count). The Morgan fingerprint density at radius 3 is 2.80 bits per heavy atom. The standard InChI is InChI=1S/C14H19FN4O/c1-4-17-13(10-6-7-16-8-11(10)15)14-12(20-3)9-18-19(14)5-2/h6-9,13,17H,4-5H2,1-3H3. The van der Waals surface area contributed by atoms with Crippen LogP contribution in [-0.4, -0.2) is 28.4 Å². The molecule has 0 saturated heterocycles. The second-order valence-corrected chi connectivity index (χ2v) is 4.30. The molecule has 0 saturated carbocycles. The van der Waals surface area contributed by atoms with Gasteiger partial charge in [0.05, 0.1) is 25.5 Å². The van der Waals surface area contributed by atoms with Crippen molar-refractivity contribution in [1.82, 2.24) is 20.1 Å². The number of nitrogens with zero attached hydrogens (tertiary/aromatic N) is 3. The predicted octanol–water partition coefficient (Wildman–Crippen LogP) is 2.14. The number of aromatic nitrogens is 3. The molecule has 0 radical (unpaired) electrons. The van der Waals surface area contributed by atoms with Crippen LogP contribution >= 0.6 is 0 Å². The van der Waals surface area contributed by atoms with Crippen LogP contribution in [-0.2, 0) is 6.54 Å². The van der Waals surface area contributed by atoms with E-state index in [2.05, 4.69) is 15.4 Å². The van der Waals surface area contributed by atoms with Crippen molar-refractivity contribution in [3.63, 3.8) is 0 Å². The summed E-state index contributed by atoms with van der Waals surface area (Å²) in [6, 6.07) is 1.36. The third-order valence-electron chi connectivity index (χ3n) is 3.16. The first-order valence-electron chi connectivity index (χ1n) is 6.65. The number of rotatable bonds is 6. The van der Waals surface area contributed by atoms with Crippen LogP contribution in [0.4, 0.5) is 4.39 Å². The summed E-state index contributed by atoms with van der Waals surface area (Å²) in [5, 5.41) is 7.56. The van der Waals surface area contributed by atoms with E-state index in [4.69, 9.17) is 4.74 Å². The van der Waals surface area contributed by atoms with Crippen LogP contribution < -0.4 is 10.1 Å². The zero-order valence-corrected chi connectivity index (χ0v) is 11.9. The Balaban J connectivity index is 2.54. The van der Waals surface area contributed by atoms with Crippen LogP contribution in [0.2, 0.25) is 0 Å². The van der Waals surface area contributed by atoms with Gasteiger partial charge in [-0.25, -0.2) is 4.39 Å². The molecule has 0 aliphatic rings. The topological polar surface area (TPSA) is 52.0 Å². The molecule has 0 aliphatic carbocycles. The minimum absolute atomic E-state index is 0.319. The Morgan fingerprint density at radius 1 is 1.40 bits per heavy atom. The van der Waals surface area contributed by atoms with E-state index in [1.807, 2.05) is 18.5 Å². The van der Waals surface area contributed by atoms with Gasteiger partial charge in [-0.3, -0.25) is 9.67 Å². The van der Waals surface area contributed by atoms with Crippen molar-refractivity contribution in [2.75, 3.05) is 13.7 Å². The lowest BCUT2D eigenvalue weighted by molar-refractivity contribution is 0.398. The van der Waals surface area contributed by atoms with E-state index >= 15 is 0 Å². The smallest absolute Gasteiger partial charge is 0.161 e. The van der Waals surface area contributed by atoms with Gasteiger partial charge in [0.25, 0.3) is 0 Å². The molecule has 2 heterocycles. The molecule has 0 aliphatic heterocycles. The summed E-state index contributed by atoms with van der Waals surface area (Å²) in [6.07, 6.45) is 4.46. The molecular formula is C14H19FN4O. The Hall–Kier alpha value is -1.95. The van der Waals surface area contributed by atoms with Gasteiger partial charge in [-0.15, -0.1) is 0 Å². The van der Waals surface area contributed by atoms with E-state index in [0.717, 1.165) is 5.69 Å². The van der Waals surface area contributed by atoms with Crippen molar-refractivity contribution in [3.05, 3.63) is 41.7 Å². The fourth-order valence-electron chi connectivity index (χ4n) is 2.26. The summed E-state index contributed by atoms with van der Waals surface area (Å²) in [6.45, 7) is 5.35. The average Bonchev–Trinajstić information content (AvgIpc) is 2.88. The third-order valence-corrected chi connectivity index (χ3v) is 3.16. The highest BCUT2D eigenvalue weighted by Crippen LogP contribution is 2.30. The predicted molar refractivity (Wildman–Crippen MR) is 74.2 cm³/mol. The van der Waals surface area contributed by atoms with E-state index in [1.54, 1.807) is 25.6 Å². The minimum atomic E-state index is -0.343. The maximum Gasteiger partial charge on any atom is 0.161 e. The normalized spacial score (nSPS) is 12.4. The first-order chi connectivity index (χ1) is 9.72. The average molecular weight is 278 g/mol. The van der Waals surface area contributed by atoms with Crippen LogP contribution in [0.3, 0.4) is 0 Å². The van der Waals surface area contributed by atoms with Crippen molar-refractivity contribution < 1.29 is 9.13 Å². The lowest BCUT2D eigenvalue weighted by Gasteiger charge is -2.21. The lowest BCUT2D eigenvalue weighted by atomic mass is 10.0. The minimum Gasteiger partial charge on any atom is -0.493 e. The van der Waals surface area contributed by atoms with E-state index in [1.165, 1.54) is 6.20 Å². The Bertz CT molecular complexity index is 549. The van der Waals surface area contributed by atoms with Gasteiger partial charge in [0.15, 0.2) is 5.75 Å². The second-order valence-electron chi connectivity index (χ2n) is 4.30. The molecule has 0 spiro atoms. The van der Waals surface area contributed by atoms with E-state index in [-0.39, 0.29) is 11.9 Å². The summed E-state index contributed by atoms with van der Waals surface area (Å²) in [5.41, 5.74) is 1.36. The molecule has 6 heteroatoms. The number of aryl methyl sites for hydroxylation is 1. The van der Waals surface area contributed by atoms with E-state index in [9.17, 15) is 4.39 Å². The Kier molecular flexibility index (Phi) is 4.68. The number of pyridine rings is 1. The molecule has 0 bridgehead atoms. The molecule has 5 nitrogen and oxygen atoms in total. The molecule has 108 valence electrons. The van der Waals surface area contributed by atoms with Gasteiger partial charge in [0.2, 0.25) is 0 Å². The number of nitrogens with one attached hydrogen (secondary N) is 1. The van der Waals surface area contributed by atoms with Gasteiger partial charge in [0, 0.05) is 18.3 Å². The highest BCUT2D eigenvalue weighted by atomic mass is 19.1. The molecule has 2 aromatic heterocycles. The molecule has 0 fully saturated rings. The molecule has 0 aromatic carbocycles. The number of halogens is 1. The number of methoxy groups -OCH3 is 1. The molecule has 1 atom stereocenters. The Labute approximate surface area is 117 Å². The maximum absolute atomic E-state index is 14.1. The van der Waals surface area contributed by atoms with Crippen molar-refractivity contribution in [1.29, 1.82) is 0 Å². The van der Waals surface area contributed by atoms with E-state index in [0.29, 0.717) is 24.4 Å². The van der Waals surface area contributed by atoms with Gasteiger partial charge in [-0.1, -0.05) is 6.92 Å². The summed E-state index contributed by atoms with van der Waals surface area (Å²) in [5.74, 6) is 0.304. The van der Waals surface area contributed by atoms with Crippen LogP contribution in [0.25, 0.3) is 0 Å². The zero-order valence-electron chi connectivity index (χ0n) is 11.9. The van der Waals surface area contributed by atoms with Crippen LogP contribution in [0.15, 0.2) is 24.7 Å². The molecule has 1 N–H and O–H groups in total. The van der Waals surface area contributed by atoms with Crippen LogP contribution in [0, 0.1) is 5.82 Å². The number of hydrogen-bond acceptors (Lipinski definition) is 4. The highest BCUT2D eigenvalue weighted by Gasteiger charge is 2.24. The van der Waals surface area contributed by atoms with Gasteiger partial charge in [0.1, 0.15) is 11.5 Å². The van der Waals surface area contributed by atoms with Crippen LogP contribution in [0.5, 0.6) is 5.75 Å². The van der Waals surface area contributed by atoms with Crippen molar-refractivity contribution in [3.8, 4) is 5.75 Å². The fourth-order valence-corrected chi connectivity index (χ4v) is 2.26. The lowest BCUT2D eigenvalue weighted by Crippen LogP contribution is -2.26.